The van der Waals surface area contributed by atoms with Crippen molar-refractivity contribution in [1.29, 1.82) is 0 Å². The van der Waals surface area contributed by atoms with E-state index in [1.165, 1.54) is 5.56 Å². The lowest BCUT2D eigenvalue weighted by atomic mass is 10.0. The molecule has 0 bridgehead atoms. The quantitative estimate of drug-likeness (QED) is 0.188. The molecule has 0 radical (unpaired) electrons. The van der Waals surface area contributed by atoms with Gasteiger partial charge in [-0.15, -0.1) is 0 Å². The Morgan fingerprint density at radius 3 is 1.64 bits per heavy atom. The summed E-state index contributed by atoms with van der Waals surface area (Å²) in [5, 5.41) is 4.40. The van der Waals surface area contributed by atoms with E-state index in [9.17, 15) is 0 Å². The Morgan fingerprint density at radius 1 is 0.380 bits per heavy atom. The van der Waals surface area contributed by atoms with E-state index in [1.54, 1.807) is 0 Å². The predicted molar refractivity (Wildman–Crippen MR) is 203 cm³/mol. The van der Waals surface area contributed by atoms with Crippen LogP contribution in [-0.2, 0) is 0 Å². The minimum absolute atomic E-state index is 0.635. The molecule has 0 amide bonds. The lowest BCUT2D eigenvalue weighted by Gasteiger charge is -2.10. The van der Waals surface area contributed by atoms with Crippen LogP contribution in [0.5, 0.6) is 0 Å². The van der Waals surface area contributed by atoms with Gasteiger partial charge in [-0.25, -0.2) is 15.0 Å². The lowest BCUT2D eigenvalue weighted by Crippen LogP contribution is -2.00. The highest BCUT2D eigenvalue weighted by Crippen LogP contribution is 2.40. The first-order chi connectivity index (χ1) is 24.8. The van der Waals surface area contributed by atoms with Gasteiger partial charge in [-0.1, -0.05) is 127 Å². The van der Waals surface area contributed by atoms with Crippen LogP contribution >= 0.6 is 0 Å². The van der Waals surface area contributed by atoms with Crippen LogP contribution < -0.4 is 0 Å². The van der Waals surface area contributed by atoms with Gasteiger partial charge in [0.1, 0.15) is 11.2 Å². The summed E-state index contributed by atoms with van der Waals surface area (Å²) in [7, 11) is 0. The molecule has 0 saturated heterocycles. The van der Waals surface area contributed by atoms with Crippen molar-refractivity contribution in [3.05, 3.63) is 170 Å². The van der Waals surface area contributed by atoms with Gasteiger partial charge in [0.2, 0.25) is 0 Å². The number of aromatic nitrogens is 4. The highest BCUT2D eigenvalue weighted by atomic mass is 16.3. The highest BCUT2D eigenvalue weighted by Gasteiger charge is 2.20. The predicted octanol–water partition coefficient (Wildman–Crippen LogP) is 11.5. The summed E-state index contributed by atoms with van der Waals surface area (Å²) in [5.41, 5.74) is 10.2. The summed E-state index contributed by atoms with van der Waals surface area (Å²) in [5.74, 6) is 1.92. The SMILES string of the molecule is c1ccc(-c2ccc3oc4ccc(-n5c6ccccc6c6c(-c7nc(-c8ccccc8)nc(-c8ccccc8)n7)cccc65)cc4c3c2)cc1. The third-order valence-corrected chi connectivity index (χ3v) is 9.46. The van der Waals surface area contributed by atoms with Gasteiger partial charge in [0.15, 0.2) is 17.5 Å². The van der Waals surface area contributed by atoms with Crippen LogP contribution in [0.1, 0.15) is 0 Å². The van der Waals surface area contributed by atoms with Crippen molar-refractivity contribution in [1.82, 2.24) is 19.5 Å². The number of rotatable bonds is 5. The Hall–Kier alpha value is -6.85. The molecule has 0 fully saturated rings. The third-order valence-electron chi connectivity index (χ3n) is 9.46. The summed E-state index contributed by atoms with van der Waals surface area (Å²) in [6.07, 6.45) is 0. The molecule has 3 aromatic heterocycles. The Morgan fingerprint density at radius 2 is 0.940 bits per heavy atom. The number of nitrogens with zero attached hydrogens (tertiary/aromatic N) is 4. The zero-order valence-corrected chi connectivity index (χ0v) is 26.9. The maximum atomic E-state index is 6.33. The van der Waals surface area contributed by atoms with E-state index in [0.29, 0.717) is 17.5 Å². The second-order valence-corrected chi connectivity index (χ2v) is 12.5. The number of hydrogen-bond acceptors (Lipinski definition) is 4. The summed E-state index contributed by atoms with van der Waals surface area (Å²) >= 11 is 0. The van der Waals surface area contributed by atoms with Gasteiger partial charge in [0.25, 0.3) is 0 Å². The van der Waals surface area contributed by atoms with E-state index >= 15 is 0 Å². The Balaban J connectivity index is 1.20. The molecule has 0 unspecified atom stereocenters. The van der Waals surface area contributed by atoms with E-state index in [1.807, 2.05) is 66.7 Å². The van der Waals surface area contributed by atoms with E-state index in [-0.39, 0.29) is 0 Å². The Kier molecular flexibility index (Phi) is 6.42. The minimum Gasteiger partial charge on any atom is -0.456 e. The molecular weight excluding hydrogens is 613 g/mol. The number of fused-ring (bicyclic) bond motifs is 6. The topological polar surface area (TPSA) is 56.7 Å². The molecule has 10 rings (SSSR count). The van der Waals surface area contributed by atoms with Crippen molar-refractivity contribution in [3.63, 3.8) is 0 Å². The molecule has 0 spiro atoms. The average Bonchev–Trinajstić information content (AvgIpc) is 3.74. The average molecular weight is 641 g/mol. The van der Waals surface area contributed by atoms with Gasteiger partial charge in [-0.2, -0.15) is 0 Å². The molecule has 3 heterocycles. The van der Waals surface area contributed by atoms with Crippen LogP contribution in [0, 0.1) is 0 Å². The number of para-hydroxylation sites is 1. The summed E-state index contributed by atoms with van der Waals surface area (Å²) in [6.45, 7) is 0. The van der Waals surface area contributed by atoms with Gasteiger partial charge < -0.3 is 8.98 Å². The molecule has 10 aromatic rings. The molecule has 0 aliphatic heterocycles. The van der Waals surface area contributed by atoms with E-state index in [0.717, 1.165) is 71.7 Å². The Bertz CT molecular complexity index is 2800. The number of benzene rings is 7. The van der Waals surface area contributed by atoms with Crippen molar-refractivity contribution in [3.8, 4) is 51.0 Å². The molecule has 7 aromatic carbocycles. The molecule has 0 aliphatic carbocycles. The van der Waals surface area contributed by atoms with Crippen LogP contribution in [0.25, 0.3) is 94.7 Å². The molecule has 5 nitrogen and oxygen atoms in total. The first-order valence-corrected chi connectivity index (χ1v) is 16.7. The first-order valence-electron chi connectivity index (χ1n) is 16.7. The minimum atomic E-state index is 0.635. The van der Waals surface area contributed by atoms with Gasteiger partial charge in [-0.3, -0.25) is 0 Å². The fourth-order valence-corrected chi connectivity index (χ4v) is 7.13. The van der Waals surface area contributed by atoms with Crippen molar-refractivity contribution < 1.29 is 4.42 Å². The van der Waals surface area contributed by atoms with Crippen LogP contribution in [0.15, 0.2) is 174 Å². The molecule has 0 saturated carbocycles. The summed E-state index contributed by atoms with van der Waals surface area (Å²) in [6, 6.07) is 58.6. The first kappa shape index (κ1) is 28.2. The summed E-state index contributed by atoms with van der Waals surface area (Å²) in [4.78, 5) is 15.1. The molecule has 0 N–H and O–H groups in total. The maximum Gasteiger partial charge on any atom is 0.164 e. The third kappa shape index (κ3) is 4.60. The van der Waals surface area contributed by atoms with Gasteiger partial charge >= 0.3 is 0 Å². The number of furan rings is 1. The standard InChI is InChI=1S/C45H28N4O/c1-4-13-29(14-5-1)32-23-25-40-36(27-32)37-28-33(24-26-41(37)50-40)49-38-21-11-10-19-34(38)42-35(20-12-22-39(42)49)45-47-43(30-15-6-2-7-16-30)46-44(48-45)31-17-8-3-9-18-31/h1-28H. The molecule has 5 heteroatoms. The van der Waals surface area contributed by atoms with Gasteiger partial charge in [0, 0.05) is 43.9 Å². The van der Waals surface area contributed by atoms with Crippen LogP contribution in [0.2, 0.25) is 0 Å². The lowest BCUT2D eigenvalue weighted by molar-refractivity contribution is 0.669. The second kappa shape index (κ2) is 11.4. The van der Waals surface area contributed by atoms with Crippen LogP contribution in [0.4, 0.5) is 0 Å². The largest absolute Gasteiger partial charge is 0.456 e. The fourth-order valence-electron chi connectivity index (χ4n) is 7.13. The van der Waals surface area contributed by atoms with E-state index in [2.05, 4.69) is 108 Å². The molecule has 0 atom stereocenters. The van der Waals surface area contributed by atoms with Crippen LogP contribution in [-0.4, -0.2) is 19.5 Å². The molecular formula is C45H28N4O. The van der Waals surface area contributed by atoms with Gasteiger partial charge in [-0.05, 0) is 53.6 Å². The second-order valence-electron chi connectivity index (χ2n) is 12.5. The smallest absolute Gasteiger partial charge is 0.164 e. The maximum absolute atomic E-state index is 6.33. The monoisotopic (exact) mass is 640 g/mol. The van der Waals surface area contributed by atoms with Crippen LogP contribution in [0.3, 0.4) is 0 Å². The molecule has 50 heavy (non-hydrogen) atoms. The molecule has 234 valence electrons. The van der Waals surface area contributed by atoms with E-state index in [4.69, 9.17) is 19.4 Å². The molecule has 0 aliphatic rings. The normalized spacial score (nSPS) is 11.6. The highest BCUT2D eigenvalue weighted by molar-refractivity contribution is 6.16. The fraction of sp³-hybridized carbons (Fsp3) is 0. The van der Waals surface area contributed by atoms with Gasteiger partial charge in [0.05, 0.1) is 11.0 Å². The Labute approximate surface area is 287 Å². The zero-order valence-electron chi connectivity index (χ0n) is 26.9. The van der Waals surface area contributed by atoms with Crippen molar-refractivity contribution in [2.24, 2.45) is 0 Å². The van der Waals surface area contributed by atoms with Crippen molar-refractivity contribution in [2.45, 2.75) is 0 Å². The van der Waals surface area contributed by atoms with E-state index < -0.39 is 0 Å². The van der Waals surface area contributed by atoms with Crippen molar-refractivity contribution in [2.75, 3.05) is 0 Å². The number of hydrogen-bond donors (Lipinski definition) is 0. The zero-order chi connectivity index (χ0) is 33.0. The van der Waals surface area contributed by atoms with Crippen molar-refractivity contribution >= 4 is 43.7 Å². The summed E-state index contributed by atoms with van der Waals surface area (Å²) < 4.78 is 8.67.